The second kappa shape index (κ2) is 7.46. The largest absolute Gasteiger partial charge is 0.460 e. The molecular formula is C16H19ClO3. The lowest BCUT2D eigenvalue weighted by Gasteiger charge is -2.21. The molecule has 0 amide bonds. The van der Waals surface area contributed by atoms with E-state index in [0.717, 1.165) is 37.0 Å². The van der Waals surface area contributed by atoms with Gasteiger partial charge in [0.1, 0.15) is 6.61 Å². The smallest absolute Gasteiger partial charge is 0.331 e. The maximum absolute atomic E-state index is 11.8. The third-order valence-corrected chi connectivity index (χ3v) is 3.65. The highest BCUT2D eigenvalue weighted by atomic mass is 35.5. The van der Waals surface area contributed by atoms with Crippen LogP contribution in [0.25, 0.3) is 5.57 Å². The molecule has 1 aromatic rings. The quantitative estimate of drug-likeness (QED) is 0.625. The van der Waals surface area contributed by atoms with Crippen molar-refractivity contribution in [3.05, 3.63) is 40.9 Å². The summed E-state index contributed by atoms with van der Waals surface area (Å²) in [5.74, 6) is -0.350. The Hall–Kier alpha value is -1.32. The molecule has 1 atom stereocenters. The van der Waals surface area contributed by atoms with Gasteiger partial charge in [0.05, 0.1) is 6.10 Å². The van der Waals surface area contributed by atoms with E-state index in [1.54, 1.807) is 6.07 Å². The number of carbonyl (C=O) groups is 1. The topological polar surface area (TPSA) is 35.5 Å². The SMILES string of the molecule is C/C(=C/C(=O)OCC1CCCCO1)c1ccccc1Cl. The molecule has 0 aromatic heterocycles. The molecule has 0 N–H and O–H groups in total. The van der Waals surface area contributed by atoms with Crippen molar-refractivity contribution in [1.29, 1.82) is 0 Å². The van der Waals surface area contributed by atoms with E-state index < -0.39 is 0 Å². The zero-order valence-electron chi connectivity index (χ0n) is 11.6. The minimum Gasteiger partial charge on any atom is -0.460 e. The fourth-order valence-corrected chi connectivity index (χ4v) is 2.48. The van der Waals surface area contributed by atoms with Crippen molar-refractivity contribution < 1.29 is 14.3 Å². The number of hydrogen-bond acceptors (Lipinski definition) is 3. The van der Waals surface area contributed by atoms with Crippen molar-refractivity contribution in [1.82, 2.24) is 0 Å². The first-order chi connectivity index (χ1) is 9.66. The van der Waals surface area contributed by atoms with Gasteiger partial charge in [0.15, 0.2) is 0 Å². The van der Waals surface area contributed by atoms with Crippen LogP contribution in [0.5, 0.6) is 0 Å². The predicted octanol–water partition coefficient (Wildman–Crippen LogP) is 3.86. The zero-order valence-corrected chi connectivity index (χ0v) is 12.4. The van der Waals surface area contributed by atoms with Gasteiger partial charge in [-0.2, -0.15) is 0 Å². The number of allylic oxidation sites excluding steroid dienone is 1. The van der Waals surface area contributed by atoms with E-state index in [9.17, 15) is 4.79 Å². The molecule has 0 radical (unpaired) electrons. The van der Waals surface area contributed by atoms with Crippen molar-refractivity contribution in [2.45, 2.75) is 32.3 Å². The molecule has 1 heterocycles. The normalized spacial score (nSPS) is 19.7. The number of esters is 1. The highest BCUT2D eigenvalue weighted by Crippen LogP contribution is 2.23. The molecule has 4 heteroatoms. The van der Waals surface area contributed by atoms with E-state index in [4.69, 9.17) is 21.1 Å². The van der Waals surface area contributed by atoms with Crippen molar-refractivity contribution >= 4 is 23.1 Å². The van der Waals surface area contributed by atoms with Crippen LogP contribution in [0, 0.1) is 0 Å². The summed E-state index contributed by atoms with van der Waals surface area (Å²) < 4.78 is 10.7. The molecule has 1 aliphatic rings. The Morgan fingerprint density at radius 2 is 2.25 bits per heavy atom. The highest BCUT2D eigenvalue weighted by molar-refractivity contribution is 6.32. The molecule has 1 fully saturated rings. The Morgan fingerprint density at radius 3 is 2.95 bits per heavy atom. The van der Waals surface area contributed by atoms with Crippen LogP contribution in [0.15, 0.2) is 30.3 Å². The third-order valence-electron chi connectivity index (χ3n) is 3.32. The van der Waals surface area contributed by atoms with Gasteiger partial charge in [-0.25, -0.2) is 4.79 Å². The highest BCUT2D eigenvalue weighted by Gasteiger charge is 2.15. The van der Waals surface area contributed by atoms with Gasteiger partial charge in [0.2, 0.25) is 0 Å². The van der Waals surface area contributed by atoms with Gasteiger partial charge in [-0.1, -0.05) is 29.8 Å². The molecule has 1 aromatic carbocycles. The molecule has 1 unspecified atom stereocenters. The van der Waals surface area contributed by atoms with Crippen LogP contribution in [-0.4, -0.2) is 25.3 Å². The van der Waals surface area contributed by atoms with E-state index in [0.29, 0.717) is 11.6 Å². The Bertz CT molecular complexity index is 490. The molecule has 3 nitrogen and oxygen atoms in total. The second-order valence-electron chi connectivity index (χ2n) is 4.93. The molecule has 1 aliphatic heterocycles. The van der Waals surface area contributed by atoms with E-state index >= 15 is 0 Å². The van der Waals surface area contributed by atoms with Crippen LogP contribution < -0.4 is 0 Å². The van der Waals surface area contributed by atoms with Crippen LogP contribution in [0.2, 0.25) is 5.02 Å². The van der Waals surface area contributed by atoms with Gasteiger partial charge in [-0.05, 0) is 43.4 Å². The molecule has 20 heavy (non-hydrogen) atoms. The van der Waals surface area contributed by atoms with Crippen molar-refractivity contribution in [2.75, 3.05) is 13.2 Å². The van der Waals surface area contributed by atoms with Gasteiger partial charge in [-0.15, -0.1) is 0 Å². The summed E-state index contributed by atoms with van der Waals surface area (Å²) in [5.41, 5.74) is 1.64. The lowest BCUT2D eigenvalue weighted by molar-refractivity contribution is -0.143. The van der Waals surface area contributed by atoms with Crippen LogP contribution in [0.1, 0.15) is 31.7 Å². The number of benzene rings is 1. The number of rotatable bonds is 4. The van der Waals surface area contributed by atoms with Gasteiger partial charge in [0.25, 0.3) is 0 Å². The number of hydrogen-bond donors (Lipinski definition) is 0. The zero-order chi connectivity index (χ0) is 14.4. The average molecular weight is 295 g/mol. The summed E-state index contributed by atoms with van der Waals surface area (Å²) in [6, 6.07) is 7.43. The Morgan fingerprint density at radius 1 is 1.45 bits per heavy atom. The summed E-state index contributed by atoms with van der Waals surface area (Å²) in [5, 5.41) is 0.629. The average Bonchev–Trinajstić information content (AvgIpc) is 2.46. The first kappa shape index (κ1) is 15.1. The van der Waals surface area contributed by atoms with Gasteiger partial charge in [-0.3, -0.25) is 0 Å². The van der Waals surface area contributed by atoms with E-state index in [-0.39, 0.29) is 12.1 Å². The van der Waals surface area contributed by atoms with Crippen LogP contribution in [0.4, 0.5) is 0 Å². The number of halogens is 1. The summed E-state index contributed by atoms with van der Waals surface area (Å²) in [6.07, 6.45) is 4.71. The third kappa shape index (κ3) is 4.36. The summed E-state index contributed by atoms with van der Waals surface area (Å²) >= 11 is 6.09. The molecule has 1 saturated heterocycles. The standard InChI is InChI=1S/C16H19ClO3/c1-12(14-7-2-3-8-15(14)17)10-16(18)20-11-13-6-4-5-9-19-13/h2-3,7-8,10,13H,4-6,9,11H2,1H3/b12-10-. The minimum atomic E-state index is -0.350. The Balaban J connectivity index is 1.89. The fourth-order valence-electron chi connectivity index (χ4n) is 2.19. The van der Waals surface area contributed by atoms with Gasteiger partial charge >= 0.3 is 5.97 Å². The summed E-state index contributed by atoms with van der Waals surface area (Å²) in [4.78, 5) is 11.8. The lowest BCUT2D eigenvalue weighted by atomic mass is 10.1. The first-order valence-electron chi connectivity index (χ1n) is 6.88. The summed E-state index contributed by atoms with van der Waals surface area (Å²) in [6.45, 7) is 2.93. The predicted molar refractivity (Wildman–Crippen MR) is 79.7 cm³/mol. The maximum atomic E-state index is 11.8. The molecule has 108 valence electrons. The molecule has 2 rings (SSSR count). The molecule has 0 spiro atoms. The number of ether oxygens (including phenoxy) is 2. The second-order valence-corrected chi connectivity index (χ2v) is 5.33. The van der Waals surface area contributed by atoms with Crippen molar-refractivity contribution in [3.8, 4) is 0 Å². The summed E-state index contributed by atoms with van der Waals surface area (Å²) in [7, 11) is 0. The Labute approximate surface area is 124 Å². The lowest BCUT2D eigenvalue weighted by Crippen LogP contribution is -2.25. The number of carbonyl (C=O) groups excluding carboxylic acids is 1. The maximum Gasteiger partial charge on any atom is 0.331 e. The molecule has 0 aliphatic carbocycles. The molecular weight excluding hydrogens is 276 g/mol. The van der Waals surface area contributed by atoms with E-state index in [1.807, 2.05) is 25.1 Å². The molecule has 0 bridgehead atoms. The molecule has 0 saturated carbocycles. The van der Waals surface area contributed by atoms with Crippen LogP contribution >= 0.6 is 11.6 Å². The van der Waals surface area contributed by atoms with Gasteiger partial charge in [0, 0.05) is 17.7 Å². The minimum absolute atomic E-state index is 0.0433. The van der Waals surface area contributed by atoms with Crippen LogP contribution in [0.3, 0.4) is 0 Å². The van der Waals surface area contributed by atoms with Crippen LogP contribution in [-0.2, 0) is 14.3 Å². The van der Waals surface area contributed by atoms with Gasteiger partial charge < -0.3 is 9.47 Å². The van der Waals surface area contributed by atoms with Crippen molar-refractivity contribution in [3.63, 3.8) is 0 Å². The monoisotopic (exact) mass is 294 g/mol. The fraction of sp³-hybridized carbons (Fsp3) is 0.438. The Kier molecular flexibility index (Phi) is 5.62. The first-order valence-corrected chi connectivity index (χ1v) is 7.26. The van der Waals surface area contributed by atoms with Crippen molar-refractivity contribution in [2.24, 2.45) is 0 Å². The van der Waals surface area contributed by atoms with E-state index in [2.05, 4.69) is 0 Å². The van der Waals surface area contributed by atoms with E-state index in [1.165, 1.54) is 6.08 Å².